The molecule has 1 aromatic carbocycles. The molecular formula is C20H25N5O2. The van der Waals surface area contributed by atoms with E-state index in [9.17, 15) is 4.79 Å². The Morgan fingerprint density at radius 2 is 1.81 bits per heavy atom. The summed E-state index contributed by atoms with van der Waals surface area (Å²) in [6.45, 7) is 7.42. The number of nitrogens with zero attached hydrogens (tertiary/aromatic N) is 4. The van der Waals surface area contributed by atoms with E-state index in [-0.39, 0.29) is 12.5 Å². The monoisotopic (exact) mass is 367 g/mol. The van der Waals surface area contributed by atoms with Crippen molar-refractivity contribution >= 4 is 11.6 Å². The van der Waals surface area contributed by atoms with Crippen LogP contribution in [0, 0.1) is 0 Å². The minimum absolute atomic E-state index is 0.0109. The van der Waals surface area contributed by atoms with Crippen molar-refractivity contribution in [1.29, 1.82) is 0 Å². The molecule has 0 saturated carbocycles. The number of hydrogen-bond acceptors (Lipinski definition) is 5. The average molecular weight is 367 g/mol. The van der Waals surface area contributed by atoms with Gasteiger partial charge in [0.15, 0.2) is 5.65 Å². The topological polar surface area (TPSA) is 82.8 Å². The van der Waals surface area contributed by atoms with E-state index in [1.807, 2.05) is 30.5 Å². The highest BCUT2D eigenvalue weighted by molar-refractivity contribution is 5.99. The van der Waals surface area contributed by atoms with Gasteiger partial charge in [-0.2, -0.15) is 5.10 Å². The van der Waals surface area contributed by atoms with Gasteiger partial charge in [-0.3, -0.25) is 9.69 Å². The third kappa shape index (κ3) is 4.50. The molecule has 0 atom stereocenters. The summed E-state index contributed by atoms with van der Waals surface area (Å²) in [4.78, 5) is 19.3. The molecule has 0 saturated heterocycles. The SMILES string of the molecule is CCN(CC)Cc1cnc2c(C(=O)NCc3ccc(CO)cc3)cnn2c1. The predicted octanol–water partition coefficient (Wildman–Crippen LogP) is 1.99. The lowest BCUT2D eigenvalue weighted by atomic mass is 10.1. The molecule has 27 heavy (non-hydrogen) atoms. The lowest BCUT2D eigenvalue weighted by Gasteiger charge is -2.17. The zero-order valence-corrected chi connectivity index (χ0v) is 15.7. The van der Waals surface area contributed by atoms with Crippen molar-refractivity contribution in [3.05, 3.63) is 65.1 Å². The van der Waals surface area contributed by atoms with Crippen molar-refractivity contribution < 1.29 is 9.90 Å². The van der Waals surface area contributed by atoms with Crippen LogP contribution in [0.1, 0.15) is 40.9 Å². The molecule has 0 fully saturated rings. The summed E-state index contributed by atoms with van der Waals surface area (Å²) in [5.41, 5.74) is 3.87. The fourth-order valence-electron chi connectivity index (χ4n) is 2.90. The summed E-state index contributed by atoms with van der Waals surface area (Å²) in [6.07, 6.45) is 5.28. The van der Waals surface area contributed by atoms with Crippen LogP contribution in [0.5, 0.6) is 0 Å². The highest BCUT2D eigenvalue weighted by Crippen LogP contribution is 2.11. The molecule has 0 bridgehead atoms. The largest absolute Gasteiger partial charge is 0.392 e. The molecule has 2 heterocycles. The Labute approximate surface area is 158 Å². The zero-order valence-electron chi connectivity index (χ0n) is 15.7. The van der Waals surface area contributed by atoms with E-state index < -0.39 is 0 Å². The quantitative estimate of drug-likeness (QED) is 0.636. The molecule has 0 aliphatic carbocycles. The molecule has 1 amide bonds. The molecule has 7 heteroatoms. The second kappa shape index (κ2) is 8.75. The Bertz CT molecular complexity index is 900. The van der Waals surface area contributed by atoms with Gasteiger partial charge < -0.3 is 10.4 Å². The highest BCUT2D eigenvalue weighted by Gasteiger charge is 2.14. The van der Waals surface area contributed by atoms with Crippen LogP contribution in [0.15, 0.2) is 42.9 Å². The summed E-state index contributed by atoms with van der Waals surface area (Å²) in [6, 6.07) is 7.46. The second-order valence-electron chi connectivity index (χ2n) is 6.41. The summed E-state index contributed by atoms with van der Waals surface area (Å²) in [5, 5.41) is 16.3. The molecule has 0 spiro atoms. The standard InChI is InChI=1S/C20H25N5O2/c1-3-24(4-2)12-17-10-21-19-18(11-23-25(19)13-17)20(27)22-9-15-5-7-16(14-26)8-6-15/h5-8,10-11,13,26H,3-4,9,12,14H2,1-2H3,(H,22,27). The van der Waals surface area contributed by atoms with Gasteiger partial charge in [0, 0.05) is 31.0 Å². The molecule has 0 aliphatic heterocycles. The molecular weight excluding hydrogens is 342 g/mol. The average Bonchev–Trinajstić information content (AvgIpc) is 3.14. The minimum Gasteiger partial charge on any atom is -0.392 e. The number of hydrogen-bond donors (Lipinski definition) is 2. The third-order valence-corrected chi connectivity index (χ3v) is 4.61. The fraction of sp³-hybridized carbons (Fsp3) is 0.350. The van der Waals surface area contributed by atoms with Crippen molar-refractivity contribution in [2.24, 2.45) is 0 Å². The maximum absolute atomic E-state index is 12.5. The number of benzene rings is 1. The maximum Gasteiger partial charge on any atom is 0.257 e. The molecule has 3 rings (SSSR count). The number of carbonyl (C=O) groups is 1. The predicted molar refractivity (Wildman–Crippen MR) is 103 cm³/mol. The number of amides is 1. The molecule has 0 radical (unpaired) electrons. The van der Waals surface area contributed by atoms with Gasteiger partial charge in [-0.25, -0.2) is 9.50 Å². The van der Waals surface area contributed by atoms with Crippen molar-refractivity contribution in [1.82, 2.24) is 24.8 Å². The van der Waals surface area contributed by atoms with E-state index in [4.69, 9.17) is 5.11 Å². The first-order valence-corrected chi connectivity index (χ1v) is 9.16. The Morgan fingerprint density at radius 1 is 1.11 bits per heavy atom. The van der Waals surface area contributed by atoms with E-state index in [0.717, 1.165) is 36.3 Å². The molecule has 2 aromatic heterocycles. The van der Waals surface area contributed by atoms with Crippen LogP contribution in [-0.4, -0.2) is 43.6 Å². The van der Waals surface area contributed by atoms with Crippen molar-refractivity contribution in [3.63, 3.8) is 0 Å². The normalized spacial score (nSPS) is 11.3. The highest BCUT2D eigenvalue weighted by atomic mass is 16.3. The number of rotatable bonds is 8. The molecule has 2 N–H and O–H groups in total. The van der Waals surface area contributed by atoms with E-state index in [1.54, 1.807) is 16.9 Å². The first-order valence-electron chi connectivity index (χ1n) is 9.16. The van der Waals surface area contributed by atoms with Crippen LogP contribution in [0.25, 0.3) is 5.65 Å². The summed E-state index contributed by atoms with van der Waals surface area (Å²) in [7, 11) is 0. The Balaban J connectivity index is 1.69. The van der Waals surface area contributed by atoms with Crippen LogP contribution in [0.4, 0.5) is 0 Å². The number of nitrogens with one attached hydrogen (secondary N) is 1. The van der Waals surface area contributed by atoms with Crippen LogP contribution in [0.2, 0.25) is 0 Å². The second-order valence-corrected chi connectivity index (χ2v) is 6.41. The molecule has 3 aromatic rings. The molecule has 0 unspecified atom stereocenters. The van der Waals surface area contributed by atoms with E-state index >= 15 is 0 Å². The lowest BCUT2D eigenvalue weighted by molar-refractivity contribution is 0.0952. The summed E-state index contributed by atoms with van der Waals surface area (Å²) >= 11 is 0. The van der Waals surface area contributed by atoms with Crippen LogP contribution in [-0.2, 0) is 19.7 Å². The van der Waals surface area contributed by atoms with E-state index in [1.165, 1.54) is 0 Å². The van der Waals surface area contributed by atoms with Crippen molar-refractivity contribution in [3.8, 4) is 0 Å². The van der Waals surface area contributed by atoms with Gasteiger partial charge in [0.25, 0.3) is 5.91 Å². The Kier molecular flexibility index (Phi) is 6.16. The number of aliphatic hydroxyl groups is 1. The maximum atomic E-state index is 12.5. The van der Waals surface area contributed by atoms with Crippen molar-refractivity contribution in [2.45, 2.75) is 33.5 Å². The van der Waals surface area contributed by atoms with Crippen LogP contribution in [0.3, 0.4) is 0 Å². The van der Waals surface area contributed by atoms with Gasteiger partial charge in [0.2, 0.25) is 0 Å². The van der Waals surface area contributed by atoms with Gasteiger partial charge in [0.1, 0.15) is 5.56 Å². The van der Waals surface area contributed by atoms with Crippen LogP contribution < -0.4 is 5.32 Å². The fourth-order valence-corrected chi connectivity index (χ4v) is 2.90. The van der Waals surface area contributed by atoms with Crippen molar-refractivity contribution in [2.75, 3.05) is 13.1 Å². The molecule has 0 aliphatic rings. The zero-order chi connectivity index (χ0) is 19.2. The van der Waals surface area contributed by atoms with Gasteiger partial charge in [-0.05, 0) is 24.2 Å². The third-order valence-electron chi connectivity index (χ3n) is 4.61. The van der Waals surface area contributed by atoms with E-state index in [2.05, 4.69) is 34.1 Å². The first kappa shape index (κ1) is 19.0. The number of carbonyl (C=O) groups excluding carboxylic acids is 1. The van der Waals surface area contributed by atoms with Gasteiger partial charge in [0.05, 0.1) is 12.8 Å². The van der Waals surface area contributed by atoms with Gasteiger partial charge >= 0.3 is 0 Å². The molecule has 7 nitrogen and oxygen atoms in total. The Morgan fingerprint density at radius 3 is 2.48 bits per heavy atom. The van der Waals surface area contributed by atoms with Crippen LogP contribution >= 0.6 is 0 Å². The first-order chi connectivity index (χ1) is 13.1. The minimum atomic E-state index is -0.208. The number of aliphatic hydroxyl groups excluding tert-OH is 1. The van der Waals surface area contributed by atoms with E-state index in [0.29, 0.717) is 17.8 Å². The summed E-state index contributed by atoms with van der Waals surface area (Å²) < 4.78 is 1.66. The Hall–Kier alpha value is -2.77. The molecule has 142 valence electrons. The number of aromatic nitrogens is 3. The van der Waals surface area contributed by atoms with Gasteiger partial charge in [-0.1, -0.05) is 38.1 Å². The smallest absolute Gasteiger partial charge is 0.257 e. The van der Waals surface area contributed by atoms with Gasteiger partial charge in [-0.15, -0.1) is 0 Å². The summed E-state index contributed by atoms with van der Waals surface area (Å²) in [5.74, 6) is -0.208. The number of fused-ring (bicyclic) bond motifs is 1. The lowest BCUT2D eigenvalue weighted by Crippen LogP contribution is -2.23.